The molecule has 1 atom stereocenters. The molecule has 0 bridgehead atoms. The van der Waals surface area contributed by atoms with Crippen LogP contribution in [0.25, 0.3) is 11.6 Å². The highest BCUT2D eigenvalue weighted by atomic mass is 32.1. The number of thiophene rings is 1. The fourth-order valence-corrected chi connectivity index (χ4v) is 2.99. The van der Waals surface area contributed by atoms with Crippen molar-refractivity contribution in [3.8, 4) is 11.6 Å². The van der Waals surface area contributed by atoms with Crippen LogP contribution in [0.4, 0.5) is 0 Å². The highest BCUT2D eigenvalue weighted by Crippen LogP contribution is 2.27. The van der Waals surface area contributed by atoms with Crippen molar-refractivity contribution in [1.29, 1.82) is 0 Å². The van der Waals surface area contributed by atoms with Crippen LogP contribution in [-0.2, 0) is 17.9 Å². The number of furan rings is 1. The number of hydrogen-bond acceptors (Lipinski definition) is 5. The van der Waals surface area contributed by atoms with Crippen LogP contribution >= 0.6 is 11.3 Å². The second-order valence-corrected chi connectivity index (χ2v) is 5.55. The van der Waals surface area contributed by atoms with E-state index in [2.05, 4.69) is 11.1 Å². The first-order chi connectivity index (χ1) is 10.3. The van der Waals surface area contributed by atoms with Crippen LogP contribution in [0.1, 0.15) is 16.7 Å². The monoisotopic (exact) mass is 304 g/mol. The van der Waals surface area contributed by atoms with Crippen LogP contribution in [0.5, 0.6) is 0 Å². The second-order valence-electron chi connectivity index (χ2n) is 4.57. The Hall–Kier alpha value is -1.89. The predicted molar refractivity (Wildman–Crippen MR) is 79.9 cm³/mol. The van der Waals surface area contributed by atoms with Gasteiger partial charge >= 0.3 is 0 Å². The van der Waals surface area contributed by atoms with Crippen molar-refractivity contribution in [3.63, 3.8) is 0 Å². The molecule has 0 radical (unpaired) electrons. The molecule has 3 heterocycles. The van der Waals surface area contributed by atoms with Gasteiger partial charge in [0, 0.05) is 24.4 Å². The van der Waals surface area contributed by atoms with Crippen molar-refractivity contribution in [1.82, 2.24) is 9.55 Å². The van der Waals surface area contributed by atoms with E-state index in [0.717, 1.165) is 5.82 Å². The summed E-state index contributed by atoms with van der Waals surface area (Å²) in [5.41, 5.74) is 0. The minimum Gasteiger partial charge on any atom is -0.455 e. The normalized spacial score (nSPS) is 12.7. The van der Waals surface area contributed by atoms with Gasteiger partial charge in [-0.3, -0.25) is 0 Å². The van der Waals surface area contributed by atoms with E-state index in [-0.39, 0.29) is 12.7 Å². The zero-order chi connectivity index (χ0) is 14.7. The number of aliphatic hydroxyl groups is 1. The first kappa shape index (κ1) is 14.1. The van der Waals surface area contributed by atoms with E-state index in [9.17, 15) is 0 Å². The minimum atomic E-state index is -0.114. The van der Waals surface area contributed by atoms with Crippen LogP contribution < -0.4 is 0 Å². The summed E-state index contributed by atoms with van der Waals surface area (Å²) in [6, 6.07) is 7.64. The zero-order valence-electron chi connectivity index (χ0n) is 11.6. The highest BCUT2D eigenvalue weighted by Gasteiger charge is 2.16. The Morgan fingerprint density at radius 2 is 2.33 bits per heavy atom. The van der Waals surface area contributed by atoms with Crippen LogP contribution in [0.15, 0.2) is 46.5 Å². The Bertz CT molecular complexity index is 687. The van der Waals surface area contributed by atoms with Gasteiger partial charge in [-0.25, -0.2) is 4.98 Å². The van der Waals surface area contributed by atoms with Gasteiger partial charge in [0.1, 0.15) is 18.5 Å². The van der Waals surface area contributed by atoms with Gasteiger partial charge in [0.2, 0.25) is 0 Å². The number of rotatable bonds is 6. The van der Waals surface area contributed by atoms with E-state index in [1.165, 1.54) is 4.88 Å². The summed E-state index contributed by atoms with van der Waals surface area (Å²) in [5.74, 6) is 1.90. The van der Waals surface area contributed by atoms with Gasteiger partial charge in [-0.1, -0.05) is 6.07 Å². The molecule has 3 aromatic heterocycles. The first-order valence-corrected chi connectivity index (χ1v) is 7.47. The summed E-state index contributed by atoms with van der Waals surface area (Å²) in [7, 11) is 1.71. The van der Waals surface area contributed by atoms with Crippen LogP contribution in [-0.4, -0.2) is 21.8 Å². The molecule has 0 unspecified atom stereocenters. The quantitative estimate of drug-likeness (QED) is 0.760. The van der Waals surface area contributed by atoms with E-state index < -0.39 is 0 Å². The lowest BCUT2D eigenvalue weighted by molar-refractivity contribution is 0.0910. The molecule has 0 aliphatic carbocycles. The van der Waals surface area contributed by atoms with Crippen molar-refractivity contribution in [2.24, 2.45) is 0 Å². The minimum absolute atomic E-state index is 0.0229. The Morgan fingerprint density at radius 3 is 3.00 bits per heavy atom. The third-order valence-corrected chi connectivity index (χ3v) is 4.23. The molecular formula is C15H16N2O3S. The molecule has 0 saturated heterocycles. The average Bonchev–Trinajstić information content (AvgIpc) is 3.23. The molecule has 1 N–H and O–H groups in total. The van der Waals surface area contributed by atoms with Gasteiger partial charge in [-0.15, -0.1) is 11.3 Å². The summed E-state index contributed by atoms with van der Waals surface area (Å²) >= 11 is 1.67. The van der Waals surface area contributed by atoms with Gasteiger partial charge < -0.3 is 18.8 Å². The lowest BCUT2D eigenvalue weighted by Gasteiger charge is -2.15. The molecule has 3 rings (SSSR count). The van der Waals surface area contributed by atoms with Gasteiger partial charge in [-0.2, -0.15) is 0 Å². The average molecular weight is 304 g/mol. The van der Waals surface area contributed by atoms with Gasteiger partial charge in [-0.05, 0) is 23.6 Å². The Kier molecular flexibility index (Phi) is 4.19. The topological polar surface area (TPSA) is 60.4 Å². The summed E-state index contributed by atoms with van der Waals surface area (Å²) < 4.78 is 13.1. The summed E-state index contributed by atoms with van der Waals surface area (Å²) in [4.78, 5) is 5.51. The summed E-state index contributed by atoms with van der Waals surface area (Å²) in [5, 5.41) is 11.1. The number of aromatic nitrogens is 2. The van der Waals surface area contributed by atoms with Gasteiger partial charge in [0.05, 0.1) is 6.54 Å². The highest BCUT2D eigenvalue weighted by molar-refractivity contribution is 7.10. The van der Waals surface area contributed by atoms with E-state index in [1.807, 2.05) is 28.3 Å². The van der Waals surface area contributed by atoms with Crippen LogP contribution in [0.3, 0.4) is 0 Å². The van der Waals surface area contributed by atoms with E-state index in [0.29, 0.717) is 18.1 Å². The number of ether oxygens (including phenoxy) is 1. The third kappa shape index (κ3) is 2.92. The fourth-order valence-electron chi connectivity index (χ4n) is 2.20. The van der Waals surface area contributed by atoms with E-state index >= 15 is 0 Å². The molecule has 0 aliphatic rings. The van der Waals surface area contributed by atoms with Crippen molar-refractivity contribution in [2.45, 2.75) is 19.3 Å². The third-order valence-electron chi connectivity index (χ3n) is 3.26. The molecule has 0 aromatic carbocycles. The zero-order valence-corrected chi connectivity index (χ0v) is 12.4. The van der Waals surface area contributed by atoms with Gasteiger partial charge in [0.25, 0.3) is 0 Å². The number of nitrogens with zero attached hydrogens (tertiary/aromatic N) is 2. The second kappa shape index (κ2) is 6.26. The lowest BCUT2D eigenvalue weighted by atomic mass is 10.3. The molecule has 0 spiro atoms. The summed E-state index contributed by atoms with van der Waals surface area (Å²) in [6.45, 7) is 0.540. The molecule has 5 nitrogen and oxygen atoms in total. The SMILES string of the molecule is CO[C@@H](Cn1ccnc1-c1ccc(CO)o1)c1cccs1. The van der Waals surface area contributed by atoms with Crippen LogP contribution in [0, 0.1) is 0 Å². The van der Waals surface area contributed by atoms with Crippen molar-refractivity contribution in [2.75, 3.05) is 7.11 Å². The maximum absolute atomic E-state index is 9.09. The Balaban J connectivity index is 1.85. The molecule has 3 aromatic rings. The predicted octanol–water partition coefficient (Wildman–Crippen LogP) is 3.08. The molecule has 0 aliphatic heterocycles. The van der Waals surface area contributed by atoms with Crippen molar-refractivity contribution in [3.05, 3.63) is 52.7 Å². The van der Waals surface area contributed by atoms with Crippen molar-refractivity contribution < 1.29 is 14.3 Å². The Labute approximate surface area is 126 Å². The molecule has 0 saturated carbocycles. The standard InChI is InChI=1S/C15H16N2O3S/c1-19-13(14-3-2-8-21-14)9-17-7-6-16-15(17)12-5-4-11(10-18)20-12/h2-8,13,18H,9-10H2,1H3/t13-/m0/s1. The number of imidazole rings is 1. The van der Waals surface area contributed by atoms with Crippen LogP contribution in [0.2, 0.25) is 0 Å². The Morgan fingerprint density at radius 1 is 1.43 bits per heavy atom. The van der Waals surface area contributed by atoms with E-state index in [1.54, 1.807) is 30.7 Å². The number of aliphatic hydroxyl groups excluding tert-OH is 1. The van der Waals surface area contributed by atoms with Crippen molar-refractivity contribution >= 4 is 11.3 Å². The van der Waals surface area contributed by atoms with Gasteiger partial charge in [0.15, 0.2) is 11.6 Å². The first-order valence-electron chi connectivity index (χ1n) is 6.59. The molecule has 110 valence electrons. The maximum Gasteiger partial charge on any atom is 0.176 e. The van der Waals surface area contributed by atoms with E-state index in [4.69, 9.17) is 14.3 Å². The summed E-state index contributed by atoms with van der Waals surface area (Å²) in [6.07, 6.45) is 3.61. The largest absolute Gasteiger partial charge is 0.455 e. The maximum atomic E-state index is 9.09. The number of hydrogen-bond donors (Lipinski definition) is 1. The molecule has 0 amide bonds. The molecular weight excluding hydrogens is 288 g/mol. The lowest BCUT2D eigenvalue weighted by Crippen LogP contribution is -2.10. The smallest absolute Gasteiger partial charge is 0.176 e. The molecule has 21 heavy (non-hydrogen) atoms. The molecule has 6 heteroatoms. The number of methoxy groups -OCH3 is 1. The fraction of sp³-hybridized carbons (Fsp3) is 0.267. The molecule has 0 fully saturated rings.